The largest absolute Gasteiger partial charge is 0.469 e. The van der Waals surface area contributed by atoms with E-state index in [1.807, 2.05) is 45.9 Å². The van der Waals surface area contributed by atoms with Crippen LogP contribution in [0.2, 0.25) is 0 Å². The van der Waals surface area contributed by atoms with Crippen LogP contribution in [0.5, 0.6) is 0 Å². The highest BCUT2D eigenvalue weighted by molar-refractivity contribution is 5.65. The molecule has 1 aromatic rings. The zero-order chi connectivity index (χ0) is 13.4. The third kappa shape index (κ3) is 23.0. The smallest absolute Gasteiger partial charge is 0.302 e. The molecule has 0 unspecified atom stereocenters. The van der Waals surface area contributed by atoms with E-state index in [1.165, 1.54) is 19.6 Å². The first kappa shape index (κ1) is 20.1. The van der Waals surface area contributed by atoms with Crippen LogP contribution >= 0.6 is 0 Å². The minimum absolute atomic E-state index is 0.245. The van der Waals surface area contributed by atoms with Crippen LogP contribution in [0, 0.1) is 6.92 Å². The van der Waals surface area contributed by atoms with Gasteiger partial charge in [-0.3, -0.25) is 4.79 Å². The van der Waals surface area contributed by atoms with Gasteiger partial charge in [0.2, 0.25) is 0 Å². The van der Waals surface area contributed by atoms with Crippen LogP contribution in [0.25, 0.3) is 0 Å². The van der Waals surface area contributed by atoms with Gasteiger partial charge in [0.15, 0.2) is 0 Å². The zero-order valence-electron chi connectivity index (χ0n) is 11.7. The lowest BCUT2D eigenvalue weighted by atomic mass is 10.2. The van der Waals surface area contributed by atoms with Crippen molar-refractivity contribution in [1.29, 1.82) is 0 Å². The van der Waals surface area contributed by atoms with Crippen LogP contribution in [0.15, 0.2) is 30.3 Å². The van der Waals surface area contributed by atoms with E-state index in [0.29, 0.717) is 0 Å². The summed E-state index contributed by atoms with van der Waals surface area (Å²) in [6.07, 6.45) is 0. The molecule has 0 fully saturated rings. The van der Waals surface area contributed by atoms with Crippen molar-refractivity contribution in [1.82, 2.24) is 0 Å². The summed E-state index contributed by atoms with van der Waals surface area (Å²) in [7, 11) is 1.35. The Balaban J connectivity index is -0.000000167. The highest BCUT2D eigenvalue weighted by Crippen LogP contribution is 1.92. The maximum absolute atomic E-state index is 9.59. The van der Waals surface area contributed by atoms with Crippen LogP contribution in [-0.4, -0.2) is 13.1 Å². The number of methoxy groups -OCH3 is 1. The monoisotopic (exact) mass is 226 g/mol. The van der Waals surface area contributed by atoms with Gasteiger partial charge in [0, 0.05) is 6.92 Å². The quantitative estimate of drug-likeness (QED) is 0.619. The fraction of sp³-hybridized carbons (Fsp3) is 0.500. The molecule has 0 aliphatic carbocycles. The van der Waals surface area contributed by atoms with Crippen LogP contribution in [-0.2, 0) is 9.53 Å². The minimum atomic E-state index is -0.245. The Morgan fingerprint density at radius 2 is 1.31 bits per heavy atom. The maximum Gasteiger partial charge on any atom is 0.302 e. The minimum Gasteiger partial charge on any atom is -0.469 e. The van der Waals surface area contributed by atoms with Crippen molar-refractivity contribution in [3.63, 3.8) is 0 Å². The number of aryl methyl sites for hydroxylation is 1. The summed E-state index contributed by atoms with van der Waals surface area (Å²) < 4.78 is 4.11. The molecule has 16 heavy (non-hydrogen) atoms. The van der Waals surface area contributed by atoms with E-state index in [1.54, 1.807) is 0 Å². The molecule has 0 aromatic heterocycles. The Morgan fingerprint density at radius 1 is 1.00 bits per heavy atom. The van der Waals surface area contributed by atoms with Gasteiger partial charge in [0.25, 0.3) is 0 Å². The standard InChI is InChI=1S/C7H8.C3H6O2.2C2H6/c1-7-5-3-2-4-6-7;1-3(4)5-2;2*1-2/h2-6H,1H3;1-2H3;2*1-2H3. The van der Waals surface area contributed by atoms with E-state index in [2.05, 4.69) is 23.8 Å². The predicted molar refractivity (Wildman–Crippen MR) is 71.6 cm³/mol. The molecule has 0 aliphatic rings. The number of ether oxygens (including phenoxy) is 1. The van der Waals surface area contributed by atoms with E-state index in [0.717, 1.165) is 0 Å². The number of carbonyl (C=O) groups is 1. The normalized spacial score (nSPS) is 6.69. The molecule has 1 rings (SSSR count). The SMILES string of the molecule is CC.CC.COC(C)=O.Cc1ccccc1. The molecule has 0 bridgehead atoms. The highest BCUT2D eigenvalue weighted by Gasteiger charge is 1.75. The molecule has 0 atom stereocenters. The van der Waals surface area contributed by atoms with Crippen LogP contribution in [0.1, 0.15) is 40.2 Å². The lowest BCUT2D eigenvalue weighted by Crippen LogP contribution is -1.88. The van der Waals surface area contributed by atoms with Gasteiger partial charge in [0.05, 0.1) is 7.11 Å². The lowest BCUT2D eigenvalue weighted by Gasteiger charge is -1.82. The van der Waals surface area contributed by atoms with Gasteiger partial charge in [-0.15, -0.1) is 0 Å². The topological polar surface area (TPSA) is 26.3 Å². The summed E-state index contributed by atoms with van der Waals surface area (Å²) in [5, 5.41) is 0. The molecule has 0 aliphatic heterocycles. The summed E-state index contributed by atoms with van der Waals surface area (Å²) in [6.45, 7) is 11.4. The van der Waals surface area contributed by atoms with E-state index in [4.69, 9.17) is 0 Å². The van der Waals surface area contributed by atoms with Crippen molar-refractivity contribution in [2.75, 3.05) is 7.11 Å². The van der Waals surface area contributed by atoms with Gasteiger partial charge < -0.3 is 4.74 Å². The van der Waals surface area contributed by atoms with E-state index < -0.39 is 0 Å². The molecule has 0 saturated carbocycles. The summed E-state index contributed by atoms with van der Waals surface area (Å²) in [4.78, 5) is 9.59. The Bertz CT molecular complexity index is 217. The fourth-order valence-corrected chi connectivity index (χ4v) is 0.534. The molecule has 0 spiro atoms. The van der Waals surface area contributed by atoms with E-state index in [9.17, 15) is 4.79 Å². The van der Waals surface area contributed by atoms with Crippen molar-refractivity contribution in [3.8, 4) is 0 Å². The predicted octanol–water partition coefficient (Wildman–Crippen LogP) is 4.23. The molecule has 0 N–H and O–H groups in total. The van der Waals surface area contributed by atoms with Gasteiger partial charge in [0.1, 0.15) is 0 Å². The number of rotatable bonds is 0. The highest BCUT2D eigenvalue weighted by atomic mass is 16.5. The first-order valence-corrected chi connectivity index (χ1v) is 5.73. The second-order valence-electron chi connectivity index (χ2n) is 2.35. The molecule has 0 radical (unpaired) electrons. The molecule has 2 nitrogen and oxygen atoms in total. The van der Waals surface area contributed by atoms with Crippen molar-refractivity contribution >= 4 is 5.97 Å². The van der Waals surface area contributed by atoms with Gasteiger partial charge in [-0.1, -0.05) is 63.6 Å². The van der Waals surface area contributed by atoms with Crippen LogP contribution in [0.3, 0.4) is 0 Å². The number of esters is 1. The third-order valence-electron chi connectivity index (χ3n) is 1.23. The van der Waals surface area contributed by atoms with Gasteiger partial charge in [-0.2, -0.15) is 0 Å². The Labute approximate surface area is 101 Å². The average molecular weight is 226 g/mol. The summed E-state index contributed by atoms with van der Waals surface area (Å²) in [5.41, 5.74) is 1.32. The Hall–Kier alpha value is -1.31. The molecule has 0 saturated heterocycles. The molecule has 1 aromatic carbocycles. The molecule has 0 amide bonds. The van der Waals surface area contributed by atoms with Gasteiger partial charge >= 0.3 is 5.97 Å². The van der Waals surface area contributed by atoms with Crippen molar-refractivity contribution in [2.45, 2.75) is 41.5 Å². The fourth-order valence-electron chi connectivity index (χ4n) is 0.534. The zero-order valence-corrected chi connectivity index (χ0v) is 11.7. The number of carbonyl (C=O) groups excluding carboxylic acids is 1. The molecular weight excluding hydrogens is 200 g/mol. The summed E-state index contributed by atoms with van der Waals surface area (Å²) >= 11 is 0. The van der Waals surface area contributed by atoms with Crippen LogP contribution < -0.4 is 0 Å². The van der Waals surface area contributed by atoms with Gasteiger partial charge in [-0.25, -0.2) is 0 Å². The average Bonchev–Trinajstić information content (AvgIpc) is 2.36. The molecular formula is C14H26O2. The molecule has 2 heteroatoms. The van der Waals surface area contributed by atoms with Crippen molar-refractivity contribution < 1.29 is 9.53 Å². The Morgan fingerprint density at radius 3 is 1.44 bits per heavy atom. The Kier molecular flexibility index (Phi) is 24.3. The second-order valence-corrected chi connectivity index (χ2v) is 2.35. The van der Waals surface area contributed by atoms with Gasteiger partial charge in [-0.05, 0) is 6.92 Å². The second kappa shape index (κ2) is 19.3. The maximum atomic E-state index is 9.59. The van der Waals surface area contributed by atoms with Crippen molar-refractivity contribution in [2.24, 2.45) is 0 Å². The molecule has 0 heterocycles. The molecule has 94 valence electrons. The van der Waals surface area contributed by atoms with E-state index >= 15 is 0 Å². The first-order valence-electron chi connectivity index (χ1n) is 5.73. The van der Waals surface area contributed by atoms with Crippen LogP contribution in [0.4, 0.5) is 0 Å². The van der Waals surface area contributed by atoms with Crippen molar-refractivity contribution in [3.05, 3.63) is 35.9 Å². The third-order valence-corrected chi connectivity index (χ3v) is 1.23. The first-order chi connectivity index (χ1) is 7.66. The summed E-state index contributed by atoms with van der Waals surface area (Å²) in [6, 6.07) is 10.3. The van der Waals surface area contributed by atoms with E-state index in [-0.39, 0.29) is 5.97 Å². The number of benzene rings is 1. The number of hydrogen-bond donors (Lipinski definition) is 0. The lowest BCUT2D eigenvalue weighted by molar-refractivity contribution is -0.137. The number of hydrogen-bond acceptors (Lipinski definition) is 2. The summed E-state index contributed by atoms with van der Waals surface area (Å²) in [5.74, 6) is -0.245.